The van der Waals surface area contributed by atoms with Crippen molar-refractivity contribution in [3.8, 4) is 11.1 Å². The molecule has 0 N–H and O–H groups in total. The number of halogens is 1. The second kappa shape index (κ2) is 7.42. The van der Waals surface area contributed by atoms with Crippen LogP contribution in [-0.2, 0) is 20.8 Å². The van der Waals surface area contributed by atoms with E-state index in [1.54, 1.807) is 11.5 Å². The van der Waals surface area contributed by atoms with Crippen molar-refractivity contribution in [3.63, 3.8) is 0 Å². The third kappa shape index (κ3) is 3.91. The van der Waals surface area contributed by atoms with Gasteiger partial charge in [-0.1, -0.05) is 28.1 Å². The number of anilines is 1. The quantitative estimate of drug-likeness (QED) is 0.586. The number of hydrogen-bond acceptors (Lipinski definition) is 5. The summed E-state index contributed by atoms with van der Waals surface area (Å²) in [4.78, 5) is 13.9. The van der Waals surface area contributed by atoms with E-state index in [1.807, 2.05) is 22.3 Å². The lowest BCUT2D eigenvalue weighted by Crippen LogP contribution is -2.36. The summed E-state index contributed by atoms with van der Waals surface area (Å²) in [6.07, 6.45) is 2.02. The molecule has 0 unspecified atom stereocenters. The number of esters is 1. The van der Waals surface area contributed by atoms with Gasteiger partial charge >= 0.3 is 5.97 Å². The van der Waals surface area contributed by atoms with Gasteiger partial charge in [0.1, 0.15) is 0 Å². The van der Waals surface area contributed by atoms with E-state index in [4.69, 9.17) is 9.47 Å². The Bertz CT molecular complexity index is 681. The number of nitrogens with zero attached hydrogens (tertiary/aromatic N) is 2. The van der Waals surface area contributed by atoms with Gasteiger partial charge < -0.3 is 14.4 Å². The Kier molecular flexibility index (Phi) is 5.30. The predicted molar refractivity (Wildman–Crippen MR) is 92.7 cm³/mol. The summed E-state index contributed by atoms with van der Waals surface area (Å²) in [5, 5.41) is 1.17. The SMILES string of the molecule is COC(=O)C[n+]1cc(-c2ccc(Br)cc2)c(N2CCOCC2)s1. The van der Waals surface area contributed by atoms with Crippen LogP contribution >= 0.6 is 27.5 Å². The fourth-order valence-electron chi connectivity index (χ4n) is 2.48. The molecule has 0 bridgehead atoms. The Morgan fingerprint density at radius 2 is 2.04 bits per heavy atom. The molecule has 0 spiro atoms. The second-order valence-corrected chi connectivity index (χ2v) is 7.15. The maximum absolute atomic E-state index is 11.6. The number of carbonyl (C=O) groups excluding carboxylic acids is 1. The molecule has 1 fully saturated rings. The third-order valence-electron chi connectivity index (χ3n) is 3.67. The molecular weight excluding hydrogens is 380 g/mol. The lowest BCUT2D eigenvalue weighted by Gasteiger charge is -2.26. The molecule has 23 heavy (non-hydrogen) atoms. The molecule has 0 aliphatic carbocycles. The highest BCUT2D eigenvalue weighted by Gasteiger charge is 2.25. The van der Waals surface area contributed by atoms with Crippen LogP contribution in [0.4, 0.5) is 5.00 Å². The lowest BCUT2D eigenvalue weighted by atomic mass is 10.1. The van der Waals surface area contributed by atoms with Gasteiger partial charge in [-0.15, -0.1) is 3.96 Å². The van der Waals surface area contributed by atoms with E-state index < -0.39 is 0 Å². The Morgan fingerprint density at radius 3 is 2.70 bits per heavy atom. The highest BCUT2D eigenvalue weighted by Crippen LogP contribution is 2.34. The van der Waals surface area contributed by atoms with Crippen LogP contribution in [-0.4, -0.2) is 39.4 Å². The van der Waals surface area contributed by atoms with Crippen LogP contribution in [0, 0.1) is 0 Å². The van der Waals surface area contributed by atoms with Gasteiger partial charge in [-0.05, 0) is 17.7 Å². The predicted octanol–water partition coefficient (Wildman–Crippen LogP) is 2.47. The van der Waals surface area contributed by atoms with Crippen LogP contribution in [0.3, 0.4) is 0 Å². The number of ether oxygens (including phenoxy) is 2. The first-order chi connectivity index (χ1) is 11.2. The largest absolute Gasteiger partial charge is 0.464 e. The second-order valence-electron chi connectivity index (χ2n) is 5.20. The van der Waals surface area contributed by atoms with Crippen LogP contribution < -0.4 is 8.86 Å². The van der Waals surface area contributed by atoms with Gasteiger partial charge in [0.05, 0.1) is 25.9 Å². The van der Waals surface area contributed by atoms with Crippen LogP contribution in [0.15, 0.2) is 34.9 Å². The van der Waals surface area contributed by atoms with Crippen molar-refractivity contribution >= 4 is 38.4 Å². The fourth-order valence-corrected chi connectivity index (χ4v) is 3.86. The van der Waals surface area contributed by atoms with Crippen LogP contribution in [0.1, 0.15) is 0 Å². The number of hydrogen-bond donors (Lipinski definition) is 0. The molecule has 2 aromatic rings. The molecule has 0 atom stereocenters. The molecule has 1 aliphatic rings. The maximum atomic E-state index is 11.6. The molecule has 7 heteroatoms. The third-order valence-corrected chi connectivity index (χ3v) is 5.32. The normalized spacial score (nSPS) is 14.8. The lowest BCUT2D eigenvalue weighted by molar-refractivity contribution is -0.616. The minimum Gasteiger partial charge on any atom is -0.464 e. The summed E-state index contributed by atoms with van der Waals surface area (Å²) >= 11 is 5.05. The van der Waals surface area contributed by atoms with Crippen molar-refractivity contribution in [2.24, 2.45) is 0 Å². The smallest absolute Gasteiger partial charge is 0.373 e. The van der Waals surface area contributed by atoms with Gasteiger partial charge in [-0.3, -0.25) is 0 Å². The molecule has 3 rings (SSSR count). The van der Waals surface area contributed by atoms with E-state index in [0.717, 1.165) is 41.9 Å². The van der Waals surface area contributed by atoms with Crippen LogP contribution in [0.2, 0.25) is 0 Å². The van der Waals surface area contributed by atoms with E-state index in [0.29, 0.717) is 0 Å². The zero-order chi connectivity index (χ0) is 16.2. The van der Waals surface area contributed by atoms with E-state index in [-0.39, 0.29) is 12.5 Å². The molecule has 1 aromatic heterocycles. The number of benzene rings is 1. The Hall–Kier alpha value is -1.44. The molecule has 5 nitrogen and oxygen atoms in total. The first kappa shape index (κ1) is 16.4. The van der Waals surface area contributed by atoms with Crippen LogP contribution in [0.25, 0.3) is 11.1 Å². The van der Waals surface area contributed by atoms with Gasteiger partial charge in [0.25, 0.3) is 6.54 Å². The van der Waals surface area contributed by atoms with Gasteiger partial charge in [0.15, 0.2) is 22.7 Å². The molecule has 1 saturated heterocycles. The summed E-state index contributed by atoms with van der Waals surface area (Å²) in [5.74, 6) is -0.243. The highest BCUT2D eigenvalue weighted by molar-refractivity contribution is 9.10. The van der Waals surface area contributed by atoms with E-state index in [1.165, 1.54) is 12.1 Å². The summed E-state index contributed by atoms with van der Waals surface area (Å²) in [6.45, 7) is 3.42. The Morgan fingerprint density at radius 1 is 1.35 bits per heavy atom. The van der Waals surface area contributed by atoms with Gasteiger partial charge in [-0.25, -0.2) is 4.79 Å². The summed E-state index contributed by atoms with van der Waals surface area (Å²) in [6, 6.07) is 8.22. The minimum atomic E-state index is -0.243. The summed E-state index contributed by atoms with van der Waals surface area (Å²) in [5.41, 5.74) is 2.27. The minimum absolute atomic E-state index is 0.231. The first-order valence-corrected chi connectivity index (χ1v) is 8.93. The van der Waals surface area contributed by atoms with Crippen molar-refractivity contribution < 1.29 is 18.2 Å². The van der Waals surface area contributed by atoms with E-state index >= 15 is 0 Å². The molecular formula is C16H18BrN2O3S+. The maximum Gasteiger partial charge on any atom is 0.373 e. The molecule has 1 aromatic carbocycles. The zero-order valence-electron chi connectivity index (χ0n) is 12.8. The number of morpholine rings is 1. The van der Waals surface area contributed by atoms with Crippen molar-refractivity contribution in [2.75, 3.05) is 38.3 Å². The van der Waals surface area contributed by atoms with E-state index in [9.17, 15) is 4.79 Å². The highest BCUT2D eigenvalue weighted by atomic mass is 79.9. The Labute approximate surface area is 147 Å². The van der Waals surface area contributed by atoms with Gasteiger partial charge in [0, 0.05) is 17.6 Å². The fraction of sp³-hybridized carbons (Fsp3) is 0.375. The average molecular weight is 398 g/mol. The monoisotopic (exact) mass is 397 g/mol. The molecule has 0 saturated carbocycles. The summed E-state index contributed by atoms with van der Waals surface area (Å²) in [7, 11) is 1.41. The van der Waals surface area contributed by atoms with Crippen molar-refractivity contribution in [3.05, 3.63) is 34.9 Å². The number of methoxy groups -OCH3 is 1. The summed E-state index contributed by atoms with van der Waals surface area (Å²) < 4.78 is 13.2. The Balaban J connectivity index is 1.97. The molecule has 122 valence electrons. The molecule has 0 radical (unpaired) electrons. The molecule has 2 heterocycles. The van der Waals surface area contributed by atoms with Gasteiger partial charge in [-0.2, -0.15) is 0 Å². The van der Waals surface area contributed by atoms with Crippen molar-refractivity contribution in [1.82, 2.24) is 0 Å². The number of aromatic nitrogens is 1. The molecule has 0 amide bonds. The molecule has 1 aliphatic heterocycles. The van der Waals surface area contributed by atoms with E-state index in [2.05, 4.69) is 33.0 Å². The first-order valence-electron chi connectivity index (χ1n) is 7.36. The zero-order valence-corrected chi connectivity index (χ0v) is 15.2. The van der Waals surface area contributed by atoms with Gasteiger partial charge in [0.2, 0.25) is 0 Å². The average Bonchev–Trinajstić information content (AvgIpc) is 3.00. The standard InChI is InChI=1S/C16H18BrN2O3S/c1-21-15(20)11-19-10-14(12-2-4-13(17)5-3-12)16(23-19)18-6-8-22-9-7-18/h2-5,10H,6-9,11H2,1H3/q+1. The van der Waals surface area contributed by atoms with Crippen molar-refractivity contribution in [1.29, 1.82) is 0 Å². The number of carbonyl (C=O) groups is 1. The number of rotatable bonds is 4. The topological polar surface area (TPSA) is 42.7 Å². The van der Waals surface area contributed by atoms with Crippen molar-refractivity contribution in [2.45, 2.75) is 6.54 Å². The van der Waals surface area contributed by atoms with Crippen LogP contribution in [0.5, 0.6) is 0 Å².